The molecular formula is C14H14O4. The van der Waals surface area contributed by atoms with Crippen LogP contribution in [0.15, 0.2) is 29.8 Å². The van der Waals surface area contributed by atoms with E-state index in [1.54, 1.807) is 6.08 Å². The van der Waals surface area contributed by atoms with Crippen LogP contribution in [-0.4, -0.2) is 18.5 Å². The summed E-state index contributed by atoms with van der Waals surface area (Å²) in [7, 11) is 0. The average Bonchev–Trinajstić information content (AvgIpc) is 2.35. The van der Waals surface area contributed by atoms with Gasteiger partial charge < -0.3 is 9.47 Å². The lowest BCUT2D eigenvalue weighted by atomic mass is 10.0. The number of rotatable bonds is 3. The first-order valence-electron chi connectivity index (χ1n) is 5.88. The largest absolute Gasteiger partial charge is 0.493 e. The standard InChI is InChI=1S/C14H14O4/c1-2-17-12-6-4-3-5-10(12)9-11-7-8-13(15)18-14(11)16/h3-6,9H,2,7-8H2,1H3/b11-9+. The van der Waals surface area contributed by atoms with Crippen molar-refractivity contribution >= 4 is 18.0 Å². The molecule has 1 heterocycles. The van der Waals surface area contributed by atoms with Gasteiger partial charge in [-0.2, -0.15) is 0 Å². The maximum absolute atomic E-state index is 11.5. The van der Waals surface area contributed by atoms with Gasteiger partial charge in [0.05, 0.1) is 13.0 Å². The quantitative estimate of drug-likeness (QED) is 0.466. The van der Waals surface area contributed by atoms with Gasteiger partial charge in [-0.05, 0) is 25.5 Å². The number of cyclic esters (lactones) is 2. The molecule has 0 bridgehead atoms. The highest BCUT2D eigenvalue weighted by Gasteiger charge is 2.23. The van der Waals surface area contributed by atoms with E-state index in [9.17, 15) is 9.59 Å². The number of esters is 2. The van der Waals surface area contributed by atoms with Crippen LogP contribution in [0.4, 0.5) is 0 Å². The minimum absolute atomic E-state index is 0.244. The average molecular weight is 246 g/mol. The van der Waals surface area contributed by atoms with Crippen LogP contribution >= 0.6 is 0 Å². The maximum Gasteiger partial charge on any atom is 0.341 e. The summed E-state index contributed by atoms with van der Waals surface area (Å²) >= 11 is 0. The molecule has 1 aromatic rings. The van der Waals surface area contributed by atoms with Crippen molar-refractivity contribution in [2.24, 2.45) is 0 Å². The number of carbonyl (C=O) groups is 2. The lowest BCUT2D eigenvalue weighted by molar-refractivity contribution is -0.159. The van der Waals surface area contributed by atoms with Gasteiger partial charge >= 0.3 is 11.9 Å². The summed E-state index contributed by atoms with van der Waals surface area (Å²) in [6, 6.07) is 7.45. The first-order valence-corrected chi connectivity index (χ1v) is 5.88. The molecule has 4 nitrogen and oxygen atoms in total. The fraction of sp³-hybridized carbons (Fsp3) is 0.286. The van der Waals surface area contributed by atoms with E-state index in [-0.39, 0.29) is 6.42 Å². The van der Waals surface area contributed by atoms with E-state index < -0.39 is 11.9 Å². The Morgan fingerprint density at radius 2 is 2.06 bits per heavy atom. The van der Waals surface area contributed by atoms with Gasteiger partial charge in [0, 0.05) is 11.1 Å². The molecule has 0 aromatic heterocycles. The van der Waals surface area contributed by atoms with E-state index in [1.807, 2.05) is 31.2 Å². The van der Waals surface area contributed by atoms with Gasteiger partial charge in [-0.25, -0.2) is 4.79 Å². The van der Waals surface area contributed by atoms with Crippen LogP contribution in [0.1, 0.15) is 25.3 Å². The zero-order chi connectivity index (χ0) is 13.0. The van der Waals surface area contributed by atoms with Gasteiger partial charge in [-0.1, -0.05) is 18.2 Å². The predicted molar refractivity (Wildman–Crippen MR) is 65.9 cm³/mol. The first kappa shape index (κ1) is 12.4. The van der Waals surface area contributed by atoms with Crippen LogP contribution in [0.5, 0.6) is 5.75 Å². The molecule has 0 amide bonds. The van der Waals surface area contributed by atoms with Crippen molar-refractivity contribution in [3.05, 3.63) is 35.4 Å². The Kier molecular flexibility index (Phi) is 3.77. The number of hydrogen-bond acceptors (Lipinski definition) is 4. The minimum Gasteiger partial charge on any atom is -0.493 e. The third kappa shape index (κ3) is 2.77. The van der Waals surface area contributed by atoms with Gasteiger partial charge in [-0.3, -0.25) is 4.79 Å². The van der Waals surface area contributed by atoms with E-state index in [1.165, 1.54) is 0 Å². The van der Waals surface area contributed by atoms with Crippen LogP contribution in [0.2, 0.25) is 0 Å². The first-order chi connectivity index (χ1) is 8.70. The monoisotopic (exact) mass is 246 g/mol. The molecule has 1 aliphatic rings. The Morgan fingerprint density at radius 3 is 2.78 bits per heavy atom. The highest BCUT2D eigenvalue weighted by molar-refractivity contribution is 6.02. The maximum atomic E-state index is 11.5. The zero-order valence-electron chi connectivity index (χ0n) is 10.1. The zero-order valence-corrected chi connectivity index (χ0v) is 10.1. The van der Waals surface area contributed by atoms with E-state index in [0.29, 0.717) is 18.6 Å². The van der Waals surface area contributed by atoms with Crippen molar-refractivity contribution in [1.82, 2.24) is 0 Å². The number of para-hydroxylation sites is 1. The molecule has 0 atom stereocenters. The molecule has 0 saturated carbocycles. The van der Waals surface area contributed by atoms with E-state index >= 15 is 0 Å². The van der Waals surface area contributed by atoms with Gasteiger partial charge in [0.25, 0.3) is 0 Å². The molecule has 18 heavy (non-hydrogen) atoms. The molecule has 1 saturated heterocycles. The highest BCUT2D eigenvalue weighted by Crippen LogP contribution is 2.24. The fourth-order valence-corrected chi connectivity index (χ4v) is 1.76. The third-order valence-corrected chi connectivity index (χ3v) is 2.62. The van der Waals surface area contributed by atoms with Gasteiger partial charge in [0.15, 0.2) is 0 Å². The number of ether oxygens (including phenoxy) is 2. The summed E-state index contributed by atoms with van der Waals surface area (Å²) in [4.78, 5) is 22.5. The molecule has 4 heteroatoms. The van der Waals surface area contributed by atoms with Crippen molar-refractivity contribution in [2.45, 2.75) is 19.8 Å². The van der Waals surface area contributed by atoms with Crippen molar-refractivity contribution in [2.75, 3.05) is 6.61 Å². The van der Waals surface area contributed by atoms with E-state index in [2.05, 4.69) is 4.74 Å². The number of hydrogen-bond donors (Lipinski definition) is 0. The lowest BCUT2D eigenvalue weighted by Crippen LogP contribution is -2.20. The van der Waals surface area contributed by atoms with Gasteiger partial charge in [-0.15, -0.1) is 0 Å². The minimum atomic E-state index is -0.558. The normalized spacial score (nSPS) is 17.7. The number of benzene rings is 1. The summed E-state index contributed by atoms with van der Waals surface area (Å²) < 4.78 is 10.1. The number of carbonyl (C=O) groups excluding carboxylic acids is 2. The van der Waals surface area contributed by atoms with Crippen LogP contribution in [0.25, 0.3) is 6.08 Å². The van der Waals surface area contributed by atoms with Crippen LogP contribution in [-0.2, 0) is 14.3 Å². The topological polar surface area (TPSA) is 52.6 Å². The molecule has 0 spiro atoms. The fourth-order valence-electron chi connectivity index (χ4n) is 1.76. The molecule has 94 valence electrons. The summed E-state index contributed by atoms with van der Waals surface area (Å²) in [6.45, 7) is 2.46. The molecule has 1 aromatic carbocycles. The second-order valence-corrected chi connectivity index (χ2v) is 3.90. The molecule has 1 fully saturated rings. The Hall–Kier alpha value is -2.10. The van der Waals surface area contributed by atoms with Crippen molar-refractivity contribution in [1.29, 1.82) is 0 Å². The molecule has 0 unspecified atom stereocenters. The summed E-state index contributed by atoms with van der Waals surface area (Å²) in [5.74, 6) is -0.301. The van der Waals surface area contributed by atoms with Gasteiger partial charge in [0.2, 0.25) is 0 Å². The van der Waals surface area contributed by atoms with Crippen molar-refractivity contribution < 1.29 is 19.1 Å². The van der Waals surface area contributed by atoms with Gasteiger partial charge in [0.1, 0.15) is 5.75 Å². The van der Waals surface area contributed by atoms with Crippen LogP contribution < -0.4 is 4.74 Å². The Balaban J connectivity index is 2.27. The molecule has 0 radical (unpaired) electrons. The molecule has 0 aliphatic carbocycles. The highest BCUT2D eigenvalue weighted by atomic mass is 16.6. The molecular weight excluding hydrogens is 232 g/mol. The third-order valence-electron chi connectivity index (χ3n) is 2.62. The predicted octanol–water partition coefficient (Wildman–Crippen LogP) is 2.33. The second-order valence-electron chi connectivity index (χ2n) is 3.90. The summed E-state index contributed by atoms with van der Waals surface area (Å²) in [5.41, 5.74) is 1.32. The Bertz CT molecular complexity index is 502. The van der Waals surface area contributed by atoms with Crippen molar-refractivity contribution in [3.8, 4) is 5.75 Å². The molecule has 0 N–H and O–H groups in total. The van der Waals surface area contributed by atoms with Crippen LogP contribution in [0, 0.1) is 0 Å². The molecule has 2 rings (SSSR count). The van der Waals surface area contributed by atoms with E-state index in [0.717, 1.165) is 11.3 Å². The second kappa shape index (κ2) is 5.49. The van der Waals surface area contributed by atoms with Crippen molar-refractivity contribution in [3.63, 3.8) is 0 Å². The SMILES string of the molecule is CCOc1ccccc1/C=C1\CCC(=O)OC1=O. The van der Waals surface area contributed by atoms with Crippen LogP contribution in [0.3, 0.4) is 0 Å². The Labute approximate surface area is 105 Å². The molecule has 1 aliphatic heterocycles. The summed E-state index contributed by atoms with van der Waals surface area (Å²) in [6.07, 6.45) is 2.38. The Morgan fingerprint density at radius 1 is 1.28 bits per heavy atom. The van der Waals surface area contributed by atoms with E-state index in [4.69, 9.17) is 4.74 Å². The smallest absolute Gasteiger partial charge is 0.341 e. The lowest BCUT2D eigenvalue weighted by Gasteiger charge is -2.13. The summed E-state index contributed by atoms with van der Waals surface area (Å²) in [5, 5.41) is 0.